The van der Waals surface area contributed by atoms with Crippen LogP contribution < -0.4 is 14.9 Å². The molecule has 179 valence electrons. The van der Waals surface area contributed by atoms with E-state index >= 15 is 0 Å². The van der Waals surface area contributed by atoms with E-state index in [1.165, 1.54) is 32.7 Å². The molecule has 0 nitrogen and oxygen atoms in total. The molecule has 1 aromatic heterocycles. The molecule has 0 bridgehead atoms. The van der Waals surface area contributed by atoms with Crippen LogP contribution in [-0.4, -0.2) is 14.0 Å². The zero-order valence-corrected chi connectivity index (χ0v) is 27.4. The van der Waals surface area contributed by atoms with Crippen molar-refractivity contribution in [3.05, 3.63) is 90.3 Å². The van der Waals surface area contributed by atoms with E-state index < -0.39 is 8.80 Å². The van der Waals surface area contributed by atoms with Crippen molar-refractivity contribution in [2.75, 3.05) is 0 Å². The number of rotatable bonds is 3. The first-order valence-corrected chi connectivity index (χ1v) is 17.5. The SMILES string of the molecule is CC1=Cc2c(-c3ccccc3)cccc2C1C1=C(C)SC2[C]([Zr])=c3sc(C)c([SiH](C)C)c3=C12.Cl.Cl. The Balaban J connectivity index is 0.00000144. The smallest absolute Gasteiger partial charge is 0.147 e. The molecule has 0 spiro atoms. The van der Waals surface area contributed by atoms with Gasteiger partial charge in [0.1, 0.15) is 0 Å². The number of fused-ring (bicyclic) bond motifs is 3. The number of thioether (sulfide) groups is 1. The summed E-state index contributed by atoms with van der Waals surface area (Å²) >= 11 is 5.79. The molecule has 0 amide bonds. The molecule has 0 saturated carbocycles. The van der Waals surface area contributed by atoms with Crippen LogP contribution >= 0.6 is 47.9 Å². The predicted octanol–water partition coefficient (Wildman–Crippen LogP) is 6.67. The molecule has 2 heterocycles. The molecule has 3 aromatic rings. The number of hydrogen-bond acceptors (Lipinski definition) is 2. The minimum Gasteiger partial charge on any atom is -0.147 e. The average Bonchev–Trinajstić information content (AvgIpc) is 3.48. The Morgan fingerprint density at radius 2 is 1.60 bits per heavy atom. The molecule has 6 heteroatoms. The van der Waals surface area contributed by atoms with Crippen LogP contribution in [0.15, 0.2) is 64.6 Å². The van der Waals surface area contributed by atoms with Crippen LogP contribution in [0.25, 0.3) is 26.1 Å². The molecule has 2 aliphatic carbocycles. The van der Waals surface area contributed by atoms with E-state index in [2.05, 4.69) is 112 Å². The molecule has 35 heavy (non-hydrogen) atoms. The van der Waals surface area contributed by atoms with Crippen LogP contribution in [0, 0.1) is 6.92 Å². The van der Waals surface area contributed by atoms with E-state index in [9.17, 15) is 0 Å². The van der Waals surface area contributed by atoms with Crippen molar-refractivity contribution < 1.29 is 24.7 Å². The van der Waals surface area contributed by atoms with Gasteiger partial charge in [-0.05, 0) is 0 Å². The summed E-state index contributed by atoms with van der Waals surface area (Å²) in [4.78, 5) is 3.11. The second kappa shape index (κ2) is 10.3. The van der Waals surface area contributed by atoms with Crippen molar-refractivity contribution in [1.82, 2.24) is 0 Å². The van der Waals surface area contributed by atoms with Gasteiger partial charge in [-0.2, -0.15) is 0 Å². The van der Waals surface area contributed by atoms with Crippen molar-refractivity contribution in [3.63, 3.8) is 0 Å². The van der Waals surface area contributed by atoms with E-state index in [0.29, 0.717) is 11.2 Å². The van der Waals surface area contributed by atoms with Crippen LogP contribution in [0.3, 0.4) is 0 Å². The molecule has 2 atom stereocenters. The summed E-state index contributed by atoms with van der Waals surface area (Å²) in [6, 6.07) is 17.8. The second-order valence-corrected chi connectivity index (χ2v) is 16.5. The average molecular weight is 632 g/mol. The summed E-state index contributed by atoms with van der Waals surface area (Å²) in [6.07, 6.45) is 2.47. The molecule has 0 N–H and O–H groups in total. The van der Waals surface area contributed by atoms with Crippen LogP contribution in [-0.2, 0) is 24.7 Å². The summed E-state index contributed by atoms with van der Waals surface area (Å²) in [6.45, 7) is 12.1. The van der Waals surface area contributed by atoms with Crippen LogP contribution in [0.2, 0.25) is 13.1 Å². The molecule has 0 saturated heterocycles. The maximum Gasteiger partial charge on any atom is -0.147 e. The van der Waals surface area contributed by atoms with E-state index in [4.69, 9.17) is 0 Å². The topological polar surface area (TPSA) is 0 Å². The van der Waals surface area contributed by atoms with Gasteiger partial charge in [-0.3, -0.25) is 0 Å². The van der Waals surface area contributed by atoms with Gasteiger partial charge in [0.05, 0.1) is 0 Å². The predicted molar refractivity (Wildman–Crippen MR) is 160 cm³/mol. The van der Waals surface area contributed by atoms with Gasteiger partial charge in [-0.15, -0.1) is 24.8 Å². The van der Waals surface area contributed by atoms with E-state index in [1.807, 2.05) is 0 Å². The number of halogens is 2. The van der Waals surface area contributed by atoms with Crippen LogP contribution in [0.1, 0.15) is 35.8 Å². The Morgan fingerprint density at radius 3 is 2.29 bits per heavy atom. The first kappa shape index (κ1) is 27.4. The third kappa shape index (κ3) is 4.12. The summed E-state index contributed by atoms with van der Waals surface area (Å²) in [5.74, 6) is 0.382. The van der Waals surface area contributed by atoms with Crippen molar-refractivity contribution in [1.29, 1.82) is 0 Å². The maximum absolute atomic E-state index is 2.51. The van der Waals surface area contributed by atoms with Gasteiger partial charge in [-0.1, -0.05) is 0 Å². The van der Waals surface area contributed by atoms with E-state index in [1.54, 1.807) is 59.0 Å². The second-order valence-electron chi connectivity index (χ2n) is 9.72. The molecule has 3 aliphatic rings. The molecule has 1 aliphatic heterocycles. The number of hydrogen-bond donors (Lipinski definition) is 0. The van der Waals surface area contributed by atoms with Gasteiger partial charge in [0.2, 0.25) is 0 Å². The molecular formula is C29H29Cl2S2SiZr. The Hall–Kier alpha value is -0.610. The zero-order chi connectivity index (χ0) is 23.0. The summed E-state index contributed by atoms with van der Waals surface area (Å²) in [7, 11) is -0.917. The van der Waals surface area contributed by atoms with Crippen molar-refractivity contribution >= 4 is 76.8 Å². The first-order chi connectivity index (χ1) is 15.9. The standard InChI is InChI=1S/C29H27S2Si.2ClH.Zr/c1-16-14-22-20(19-10-7-6-8-11-19)12-9-13-21(22)25(16)26-17(2)30-23-15-24-28(27(23)26)29(32(4)5)18(3)31-24;;;/h6-14,23,25,32H,1-5H3;2*1H;. The van der Waals surface area contributed by atoms with Gasteiger partial charge in [0.15, 0.2) is 0 Å². The van der Waals surface area contributed by atoms with Crippen LogP contribution in [0.4, 0.5) is 0 Å². The Morgan fingerprint density at radius 1 is 0.886 bits per heavy atom. The summed E-state index contributed by atoms with van der Waals surface area (Å²) in [5.41, 5.74) is 10.4. The third-order valence-electron chi connectivity index (χ3n) is 7.36. The Bertz CT molecular complexity index is 1520. The molecule has 0 fully saturated rings. The maximum atomic E-state index is 2.51. The van der Waals surface area contributed by atoms with Gasteiger partial charge < -0.3 is 0 Å². The Labute approximate surface area is 246 Å². The van der Waals surface area contributed by atoms with Gasteiger partial charge in [0.25, 0.3) is 0 Å². The third-order valence-corrected chi connectivity index (χ3v) is 14.2. The van der Waals surface area contributed by atoms with Crippen molar-refractivity contribution in [2.45, 2.75) is 45.0 Å². The van der Waals surface area contributed by atoms with Crippen molar-refractivity contribution in [2.24, 2.45) is 0 Å². The minimum atomic E-state index is -0.917. The number of thiophene rings is 1. The van der Waals surface area contributed by atoms with E-state index in [0.717, 1.165) is 0 Å². The number of benzene rings is 2. The van der Waals surface area contributed by atoms with Gasteiger partial charge in [-0.25, -0.2) is 0 Å². The monoisotopic (exact) mass is 629 g/mol. The Kier molecular flexibility index (Phi) is 8.05. The fraction of sp³-hybridized carbons (Fsp3) is 0.241. The molecule has 2 aromatic carbocycles. The first-order valence-electron chi connectivity index (χ1n) is 11.7. The normalized spacial score (nSPS) is 19.9. The minimum absolute atomic E-state index is 0. The summed E-state index contributed by atoms with van der Waals surface area (Å²) in [5, 5.41) is 3.95. The fourth-order valence-corrected chi connectivity index (χ4v) is 12.7. The van der Waals surface area contributed by atoms with Crippen molar-refractivity contribution in [3.8, 4) is 11.1 Å². The van der Waals surface area contributed by atoms with E-state index in [-0.39, 0.29) is 24.8 Å². The largest absolute Gasteiger partial charge is 0.147 e. The molecule has 0 radical (unpaired) electrons. The number of allylic oxidation sites excluding steroid dienone is 3. The number of aryl methyl sites for hydroxylation is 1. The van der Waals surface area contributed by atoms with Gasteiger partial charge >= 0.3 is 223 Å². The molecular weight excluding hydrogens is 603 g/mol. The molecule has 2 unspecified atom stereocenters. The zero-order valence-electron chi connectivity index (χ0n) is 20.6. The van der Waals surface area contributed by atoms with Crippen LogP contribution in [0.5, 0.6) is 0 Å². The quantitative estimate of drug-likeness (QED) is 0.291. The fourth-order valence-electron chi connectivity index (χ4n) is 6.09. The summed E-state index contributed by atoms with van der Waals surface area (Å²) < 4.78 is 3.30. The molecule has 6 rings (SSSR count). The van der Waals surface area contributed by atoms with Gasteiger partial charge in [0, 0.05) is 0 Å².